The van der Waals surface area contributed by atoms with E-state index < -0.39 is 5.91 Å². The van der Waals surface area contributed by atoms with Gasteiger partial charge in [-0.25, -0.2) is 0 Å². The van der Waals surface area contributed by atoms with Crippen LogP contribution in [0.15, 0.2) is 72.3 Å². The highest BCUT2D eigenvalue weighted by Crippen LogP contribution is 2.29. The number of carbonyl (C=O) groups excluding carboxylic acids is 2. The Bertz CT molecular complexity index is 1260. The number of methoxy groups -OCH3 is 1. The van der Waals surface area contributed by atoms with Gasteiger partial charge in [0.25, 0.3) is 11.8 Å². The number of nitriles is 1. The van der Waals surface area contributed by atoms with E-state index in [1.165, 1.54) is 13.2 Å². The van der Waals surface area contributed by atoms with Gasteiger partial charge in [0.05, 0.1) is 7.11 Å². The second-order valence-electron chi connectivity index (χ2n) is 7.25. The van der Waals surface area contributed by atoms with Crippen molar-refractivity contribution in [3.63, 3.8) is 0 Å². The normalized spacial score (nSPS) is 10.7. The zero-order chi connectivity index (χ0) is 24.5. The summed E-state index contributed by atoms with van der Waals surface area (Å²) in [7, 11) is 1.46. The molecule has 0 aliphatic carbocycles. The molecule has 0 aromatic heterocycles. The Hall–Kier alpha value is -4.28. The third-order valence-corrected chi connectivity index (χ3v) is 4.88. The molecule has 2 N–H and O–H groups in total. The second-order valence-corrected chi connectivity index (χ2v) is 7.68. The lowest BCUT2D eigenvalue weighted by Gasteiger charge is -2.12. The summed E-state index contributed by atoms with van der Waals surface area (Å²) >= 11 is 5.84. The molecule has 172 valence electrons. The van der Waals surface area contributed by atoms with E-state index in [9.17, 15) is 14.9 Å². The highest BCUT2D eigenvalue weighted by atomic mass is 35.5. The van der Waals surface area contributed by atoms with Crippen LogP contribution in [0.3, 0.4) is 0 Å². The highest BCUT2D eigenvalue weighted by molar-refractivity contribution is 6.30. The molecule has 3 rings (SSSR count). The molecule has 0 unspecified atom stereocenters. The number of ether oxygens (including phenoxy) is 2. The number of rotatable bonds is 8. The standard InChI is InChI=1S/C26H22ClN3O4/c1-17-4-3-5-22(12-17)30-26(32)19(15-28)13-18-6-11-23(24(14-18)33-2)34-16-25(31)29-21-9-7-20(27)8-10-21/h3-14H,16H2,1-2H3,(H,29,31)(H,30,32)/b19-13+. The minimum Gasteiger partial charge on any atom is -0.493 e. The van der Waals surface area contributed by atoms with Gasteiger partial charge in [0, 0.05) is 16.4 Å². The van der Waals surface area contributed by atoms with Gasteiger partial charge < -0.3 is 20.1 Å². The molecule has 3 aromatic rings. The zero-order valence-corrected chi connectivity index (χ0v) is 19.3. The van der Waals surface area contributed by atoms with Crippen molar-refractivity contribution in [2.24, 2.45) is 0 Å². The van der Waals surface area contributed by atoms with Gasteiger partial charge in [0.15, 0.2) is 18.1 Å². The van der Waals surface area contributed by atoms with Gasteiger partial charge in [-0.3, -0.25) is 9.59 Å². The van der Waals surface area contributed by atoms with Crippen molar-refractivity contribution in [2.75, 3.05) is 24.4 Å². The fraction of sp³-hybridized carbons (Fsp3) is 0.115. The molecule has 0 bridgehead atoms. The summed E-state index contributed by atoms with van der Waals surface area (Å²) in [4.78, 5) is 24.7. The van der Waals surface area contributed by atoms with Crippen molar-refractivity contribution in [3.8, 4) is 17.6 Å². The van der Waals surface area contributed by atoms with Crippen LogP contribution >= 0.6 is 11.6 Å². The number of carbonyl (C=O) groups is 2. The Morgan fingerprint density at radius 1 is 1.00 bits per heavy atom. The molecular formula is C26H22ClN3O4. The van der Waals surface area contributed by atoms with Crippen LogP contribution in [0, 0.1) is 18.3 Å². The molecule has 0 saturated carbocycles. The smallest absolute Gasteiger partial charge is 0.266 e. The lowest BCUT2D eigenvalue weighted by molar-refractivity contribution is -0.118. The van der Waals surface area contributed by atoms with Crippen LogP contribution in [0.1, 0.15) is 11.1 Å². The number of anilines is 2. The molecule has 8 heteroatoms. The zero-order valence-electron chi connectivity index (χ0n) is 18.6. The summed E-state index contributed by atoms with van der Waals surface area (Å²) in [6.45, 7) is 1.67. The number of amides is 2. The second kappa shape index (κ2) is 11.5. The summed E-state index contributed by atoms with van der Waals surface area (Å²) in [5, 5.41) is 15.5. The van der Waals surface area contributed by atoms with Crippen LogP contribution < -0.4 is 20.1 Å². The molecule has 0 atom stereocenters. The molecule has 7 nitrogen and oxygen atoms in total. The number of hydrogen-bond acceptors (Lipinski definition) is 5. The number of halogens is 1. The number of aryl methyl sites for hydroxylation is 1. The molecule has 0 aliphatic heterocycles. The molecule has 0 aliphatic rings. The van der Waals surface area contributed by atoms with Crippen LogP contribution in [0.2, 0.25) is 5.02 Å². The van der Waals surface area contributed by atoms with Crippen molar-refractivity contribution >= 4 is 40.9 Å². The maximum atomic E-state index is 12.5. The van der Waals surface area contributed by atoms with Crippen LogP contribution in [0.5, 0.6) is 11.5 Å². The van der Waals surface area contributed by atoms with Gasteiger partial charge in [0.2, 0.25) is 0 Å². The van der Waals surface area contributed by atoms with Crippen molar-refractivity contribution in [1.82, 2.24) is 0 Å². The molecule has 0 saturated heterocycles. The first-order chi connectivity index (χ1) is 16.4. The Balaban J connectivity index is 1.67. The molecule has 0 radical (unpaired) electrons. The quantitative estimate of drug-likeness (QED) is 0.343. The van der Waals surface area contributed by atoms with E-state index in [0.717, 1.165) is 5.56 Å². The fourth-order valence-electron chi connectivity index (χ4n) is 3.00. The highest BCUT2D eigenvalue weighted by Gasteiger charge is 2.12. The van der Waals surface area contributed by atoms with Crippen LogP contribution in [0.25, 0.3) is 6.08 Å². The first-order valence-electron chi connectivity index (χ1n) is 10.2. The number of benzene rings is 3. The van der Waals surface area contributed by atoms with Crippen LogP contribution in [0.4, 0.5) is 11.4 Å². The molecule has 2 amide bonds. The lowest BCUT2D eigenvalue weighted by atomic mass is 10.1. The summed E-state index contributed by atoms with van der Waals surface area (Å²) in [6, 6.07) is 20.8. The summed E-state index contributed by atoms with van der Waals surface area (Å²) in [5.41, 5.74) is 2.68. The summed E-state index contributed by atoms with van der Waals surface area (Å²) in [6.07, 6.45) is 1.45. The topological polar surface area (TPSA) is 100 Å². The number of hydrogen-bond donors (Lipinski definition) is 2. The maximum absolute atomic E-state index is 12.5. The van der Waals surface area contributed by atoms with Gasteiger partial charge in [-0.1, -0.05) is 29.8 Å². The van der Waals surface area contributed by atoms with Gasteiger partial charge in [-0.05, 0) is 72.7 Å². The Morgan fingerprint density at radius 3 is 2.44 bits per heavy atom. The number of nitrogens with zero attached hydrogens (tertiary/aromatic N) is 1. The van der Waals surface area contributed by atoms with Gasteiger partial charge in [-0.15, -0.1) is 0 Å². The molecule has 3 aromatic carbocycles. The minimum atomic E-state index is -0.522. The van der Waals surface area contributed by atoms with Crippen molar-refractivity contribution in [1.29, 1.82) is 5.26 Å². The average molecular weight is 476 g/mol. The first kappa shape index (κ1) is 24.4. The van der Waals surface area contributed by atoms with E-state index >= 15 is 0 Å². The average Bonchev–Trinajstić information content (AvgIpc) is 2.82. The Labute approximate surface area is 202 Å². The molecule has 0 heterocycles. The first-order valence-corrected chi connectivity index (χ1v) is 10.6. The monoisotopic (exact) mass is 475 g/mol. The van der Waals surface area contributed by atoms with Crippen molar-refractivity contribution in [2.45, 2.75) is 6.92 Å². The van der Waals surface area contributed by atoms with Crippen LogP contribution in [-0.4, -0.2) is 25.5 Å². The van der Waals surface area contributed by atoms with E-state index in [2.05, 4.69) is 10.6 Å². The van der Waals surface area contributed by atoms with E-state index in [-0.39, 0.29) is 18.1 Å². The Kier molecular flexibility index (Phi) is 8.27. The van der Waals surface area contributed by atoms with E-state index in [0.29, 0.717) is 33.5 Å². The predicted octanol–water partition coefficient (Wildman–Crippen LogP) is 5.22. The largest absolute Gasteiger partial charge is 0.493 e. The molecule has 0 fully saturated rings. The minimum absolute atomic E-state index is 0.0698. The molecule has 0 spiro atoms. The SMILES string of the molecule is COc1cc(/C=C(\C#N)C(=O)Nc2cccc(C)c2)ccc1OCC(=O)Nc1ccc(Cl)cc1. The third-order valence-electron chi connectivity index (χ3n) is 4.63. The maximum Gasteiger partial charge on any atom is 0.266 e. The fourth-order valence-corrected chi connectivity index (χ4v) is 3.13. The Morgan fingerprint density at radius 2 is 1.76 bits per heavy atom. The van der Waals surface area contributed by atoms with Crippen molar-refractivity contribution < 1.29 is 19.1 Å². The van der Waals surface area contributed by atoms with E-state index in [1.54, 1.807) is 48.5 Å². The summed E-state index contributed by atoms with van der Waals surface area (Å²) in [5.74, 6) is -0.183. The van der Waals surface area contributed by atoms with Gasteiger partial charge >= 0.3 is 0 Å². The van der Waals surface area contributed by atoms with E-state index in [1.807, 2.05) is 31.2 Å². The number of nitrogens with one attached hydrogen (secondary N) is 2. The van der Waals surface area contributed by atoms with Gasteiger partial charge in [-0.2, -0.15) is 5.26 Å². The van der Waals surface area contributed by atoms with E-state index in [4.69, 9.17) is 21.1 Å². The molecular weight excluding hydrogens is 454 g/mol. The van der Waals surface area contributed by atoms with Crippen LogP contribution in [-0.2, 0) is 9.59 Å². The van der Waals surface area contributed by atoms with Crippen molar-refractivity contribution in [3.05, 3.63) is 88.5 Å². The lowest BCUT2D eigenvalue weighted by Crippen LogP contribution is -2.20. The third kappa shape index (κ3) is 6.86. The molecule has 34 heavy (non-hydrogen) atoms. The van der Waals surface area contributed by atoms with Gasteiger partial charge in [0.1, 0.15) is 11.6 Å². The summed E-state index contributed by atoms with van der Waals surface area (Å²) < 4.78 is 10.9. The predicted molar refractivity (Wildman–Crippen MR) is 132 cm³/mol.